The second-order valence-corrected chi connectivity index (χ2v) is 8.35. The molecule has 0 unspecified atom stereocenters. The first-order valence-corrected chi connectivity index (χ1v) is 10.9. The number of fused-ring (bicyclic) bond motifs is 1. The van der Waals surface area contributed by atoms with Gasteiger partial charge in [0.1, 0.15) is 0 Å². The van der Waals surface area contributed by atoms with Gasteiger partial charge in [0.05, 0.1) is 23.5 Å². The third kappa shape index (κ3) is 4.74. The predicted molar refractivity (Wildman–Crippen MR) is 107 cm³/mol. The summed E-state index contributed by atoms with van der Waals surface area (Å²) in [6, 6.07) is 9.67. The van der Waals surface area contributed by atoms with Crippen molar-refractivity contribution < 1.29 is 14.4 Å². The number of benzene rings is 1. The summed E-state index contributed by atoms with van der Waals surface area (Å²) in [6.45, 7) is 0.699. The van der Waals surface area contributed by atoms with E-state index in [1.165, 1.54) is 4.90 Å². The Bertz CT molecular complexity index is 765. The second-order valence-electron chi connectivity index (χ2n) is 7.25. The molecule has 1 aliphatic heterocycles. The van der Waals surface area contributed by atoms with Crippen LogP contribution in [0.1, 0.15) is 43.2 Å². The van der Waals surface area contributed by atoms with E-state index in [2.05, 4.69) is 11.4 Å². The molecule has 1 N–H and O–H groups in total. The van der Waals surface area contributed by atoms with Crippen LogP contribution in [0.5, 0.6) is 0 Å². The molecule has 7 heteroatoms. The lowest BCUT2D eigenvalue weighted by atomic mass is 9.81. The minimum atomic E-state index is -0.156. The van der Waals surface area contributed by atoms with E-state index in [9.17, 15) is 14.4 Å². The lowest BCUT2D eigenvalue weighted by Crippen LogP contribution is -2.36. The number of nitrogens with zero attached hydrogens (tertiary/aromatic N) is 2. The van der Waals surface area contributed by atoms with Gasteiger partial charge in [-0.05, 0) is 24.5 Å². The minimum Gasteiger partial charge on any atom is -0.355 e. The fraction of sp³-hybridized carbons (Fsp3) is 0.524. The van der Waals surface area contributed by atoms with E-state index in [1.54, 1.807) is 17.8 Å². The van der Waals surface area contributed by atoms with Gasteiger partial charge in [-0.15, -0.1) is 0 Å². The zero-order valence-corrected chi connectivity index (χ0v) is 16.7. The van der Waals surface area contributed by atoms with E-state index in [-0.39, 0.29) is 42.5 Å². The molecule has 2 aliphatic rings. The molecule has 0 spiro atoms. The quantitative estimate of drug-likeness (QED) is 0.536. The predicted octanol–water partition coefficient (Wildman–Crippen LogP) is 2.47. The van der Waals surface area contributed by atoms with Crippen molar-refractivity contribution in [3.8, 4) is 6.07 Å². The Labute approximate surface area is 169 Å². The maximum absolute atomic E-state index is 12.4. The molecule has 1 heterocycles. The molecule has 1 aromatic rings. The maximum Gasteiger partial charge on any atom is 0.233 e. The highest BCUT2D eigenvalue weighted by molar-refractivity contribution is 7.98. The van der Waals surface area contributed by atoms with Gasteiger partial charge in [-0.3, -0.25) is 19.3 Å². The molecular formula is C21H25N3O3S. The van der Waals surface area contributed by atoms with Crippen molar-refractivity contribution in [3.63, 3.8) is 0 Å². The lowest BCUT2D eigenvalue weighted by molar-refractivity contribution is -0.140. The average Bonchev–Trinajstić information content (AvgIpc) is 2.97. The largest absolute Gasteiger partial charge is 0.355 e. The topological polar surface area (TPSA) is 90.3 Å². The summed E-state index contributed by atoms with van der Waals surface area (Å²) >= 11 is 1.65. The number of imide groups is 1. The van der Waals surface area contributed by atoms with Crippen molar-refractivity contribution in [2.45, 2.75) is 37.9 Å². The summed E-state index contributed by atoms with van der Waals surface area (Å²) in [4.78, 5) is 38.1. The van der Waals surface area contributed by atoms with Gasteiger partial charge >= 0.3 is 0 Å². The molecule has 0 radical (unpaired) electrons. The van der Waals surface area contributed by atoms with Crippen molar-refractivity contribution >= 4 is 29.5 Å². The molecule has 148 valence electrons. The smallest absolute Gasteiger partial charge is 0.233 e. The summed E-state index contributed by atoms with van der Waals surface area (Å²) < 4.78 is 0. The molecule has 2 fully saturated rings. The number of rotatable bonds is 8. The number of amides is 3. The van der Waals surface area contributed by atoms with Crippen molar-refractivity contribution in [1.29, 1.82) is 5.26 Å². The number of hydrogen-bond donors (Lipinski definition) is 1. The van der Waals surface area contributed by atoms with E-state index in [0.29, 0.717) is 12.1 Å². The number of likely N-dealkylation sites (tertiary alicyclic amines) is 1. The first-order chi connectivity index (χ1) is 13.6. The molecule has 3 rings (SSSR count). The molecule has 28 heavy (non-hydrogen) atoms. The van der Waals surface area contributed by atoms with Gasteiger partial charge < -0.3 is 5.32 Å². The van der Waals surface area contributed by atoms with E-state index in [0.717, 1.165) is 42.8 Å². The van der Waals surface area contributed by atoms with Gasteiger partial charge in [0.25, 0.3) is 0 Å². The van der Waals surface area contributed by atoms with Crippen LogP contribution in [-0.4, -0.2) is 41.5 Å². The Morgan fingerprint density at radius 1 is 1.18 bits per heavy atom. The van der Waals surface area contributed by atoms with Crippen LogP contribution in [-0.2, 0) is 20.1 Å². The van der Waals surface area contributed by atoms with Crippen LogP contribution in [0.2, 0.25) is 0 Å². The molecule has 0 aromatic heterocycles. The van der Waals surface area contributed by atoms with E-state index >= 15 is 0 Å². The standard InChI is InChI=1S/C21H25N3O3S/c22-13-15-5-1-2-6-16(15)14-28-12-10-23-19(25)9-11-24-20(26)17-7-3-4-8-18(17)21(24)27/h1-2,5-6,17-18H,3-4,7-12,14H2,(H,23,25)/t17-,18-/m1/s1. The molecule has 6 nitrogen and oxygen atoms in total. The van der Waals surface area contributed by atoms with E-state index in [1.807, 2.05) is 18.2 Å². The fourth-order valence-electron chi connectivity index (χ4n) is 3.95. The highest BCUT2D eigenvalue weighted by Gasteiger charge is 2.47. The van der Waals surface area contributed by atoms with Crippen LogP contribution in [0, 0.1) is 23.2 Å². The summed E-state index contributed by atoms with van der Waals surface area (Å²) in [7, 11) is 0. The van der Waals surface area contributed by atoms with Crippen molar-refractivity contribution in [1.82, 2.24) is 10.2 Å². The van der Waals surface area contributed by atoms with Crippen LogP contribution in [0.4, 0.5) is 0 Å². The van der Waals surface area contributed by atoms with Crippen LogP contribution in [0.3, 0.4) is 0 Å². The molecule has 1 aliphatic carbocycles. The van der Waals surface area contributed by atoms with Crippen LogP contribution < -0.4 is 5.32 Å². The van der Waals surface area contributed by atoms with Crippen molar-refractivity contribution in [2.24, 2.45) is 11.8 Å². The summed E-state index contributed by atoms with van der Waals surface area (Å²) in [6.07, 6.45) is 3.75. The Balaban J connectivity index is 1.34. The number of carbonyl (C=O) groups excluding carboxylic acids is 3. The summed E-state index contributed by atoms with van der Waals surface area (Å²) in [5.41, 5.74) is 1.67. The Kier molecular flexibility index (Phi) is 7.10. The van der Waals surface area contributed by atoms with Crippen molar-refractivity contribution in [2.75, 3.05) is 18.8 Å². The first kappa shape index (κ1) is 20.4. The van der Waals surface area contributed by atoms with Crippen LogP contribution >= 0.6 is 11.8 Å². The number of nitriles is 1. The Hall–Kier alpha value is -2.33. The van der Waals surface area contributed by atoms with E-state index in [4.69, 9.17) is 5.26 Å². The third-order valence-corrected chi connectivity index (χ3v) is 6.47. The van der Waals surface area contributed by atoms with Gasteiger partial charge in [0.2, 0.25) is 17.7 Å². The van der Waals surface area contributed by atoms with Gasteiger partial charge in [0, 0.05) is 31.0 Å². The number of carbonyl (C=O) groups is 3. The monoisotopic (exact) mass is 399 g/mol. The molecule has 1 aromatic carbocycles. The lowest BCUT2D eigenvalue weighted by Gasteiger charge is -2.19. The third-order valence-electron chi connectivity index (χ3n) is 5.46. The van der Waals surface area contributed by atoms with Crippen LogP contribution in [0.25, 0.3) is 0 Å². The zero-order chi connectivity index (χ0) is 19.9. The number of nitrogens with one attached hydrogen (secondary N) is 1. The van der Waals surface area contributed by atoms with Gasteiger partial charge in [-0.25, -0.2) is 0 Å². The van der Waals surface area contributed by atoms with Gasteiger partial charge in [0.15, 0.2) is 0 Å². The van der Waals surface area contributed by atoms with Crippen LogP contribution in [0.15, 0.2) is 24.3 Å². The Morgan fingerprint density at radius 3 is 2.54 bits per heavy atom. The number of hydrogen-bond acceptors (Lipinski definition) is 5. The zero-order valence-electron chi connectivity index (χ0n) is 15.9. The van der Waals surface area contributed by atoms with Crippen molar-refractivity contribution in [3.05, 3.63) is 35.4 Å². The minimum absolute atomic E-state index is 0.0887. The van der Waals surface area contributed by atoms with E-state index < -0.39 is 0 Å². The first-order valence-electron chi connectivity index (χ1n) is 9.79. The average molecular weight is 400 g/mol. The normalized spacial score (nSPS) is 21.3. The maximum atomic E-state index is 12.4. The molecule has 1 saturated carbocycles. The second kappa shape index (κ2) is 9.74. The molecule has 3 amide bonds. The molecule has 0 bridgehead atoms. The summed E-state index contributed by atoms with van der Waals surface area (Å²) in [5.74, 6) is 0.821. The molecule has 1 saturated heterocycles. The fourth-order valence-corrected chi connectivity index (χ4v) is 4.82. The molecule has 2 atom stereocenters. The Morgan fingerprint density at radius 2 is 1.86 bits per heavy atom. The summed E-state index contributed by atoms with van der Waals surface area (Å²) in [5, 5.41) is 11.9. The van der Waals surface area contributed by atoms with Gasteiger partial charge in [-0.2, -0.15) is 17.0 Å². The highest BCUT2D eigenvalue weighted by Crippen LogP contribution is 2.37. The highest BCUT2D eigenvalue weighted by atomic mass is 32.2. The molecular weight excluding hydrogens is 374 g/mol. The van der Waals surface area contributed by atoms with Gasteiger partial charge in [-0.1, -0.05) is 31.0 Å². The SMILES string of the molecule is N#Cc1ccccc1CSCCNC(=O)CCN1C(=O)[C@@H]2CCCC[C@H]2C1=O. The number of thioether (sulfide) groups is 1.